The molecule has 5 heteroatoms. The topological polar surface area (TPSA) is 60.7 Å². The molecule has 1 rings (SSSR count). The molecule has 0 bridgehead atoms. The third-order valence-electron chi connectivity index (χ3n) is 1.64. The molecule has 1 aromatic carbocycles. The first-order valence-electron chi connectivity index (χ1n) is 3.57. The number of aromatic hydroxyl groups is 2. The molecule has 0 heterocycles. The number of benzene rings is 1. The Morgan fingerprint density at radius 1 is 1.31 bits per heavy atom. The van der Waals surface area contributed by atoms with E-state index < -0.39 is 17.3 Å². The Kier molecular flexibility index (Phi) is 3.11. The number of aliphatic hydroxyl groups is 1. The van der Waals surface area contributed by atoms with Gasteiger partial charge in [0.2, 0.25) is 0 Å². The van der Waals surface area contributed by atoms with Crippen LogP contribution in [0, 0.1) is 5.82 Å². The Morgan fingerprint density at radius 2 is 1.92 bits per heavy atom. The van der Waals surface area contributed by atoms with Crippen LogP contribution < -0.4 is 0 Å². The molecule has 0 radical (unpaired) electrons. The van der Waals surface area contributed by atoms with Crippen molar-refractivity contribution in [3.05, 3.63) is 21.9 Å². The zero-order valence-corrected chi connectivity index (χ0v) is 8.18. The summed E-state index contributed by atoms with van der Waals surface area (Å²) in [6.45, 7) is -0.183. The first-order chi connectivity index (χ1) is 6.07. The summed E-state index contributed by atoms with van der Waals surface area (Å²) in [5.74, 6) is -2.21. The van der Waals surface area contributed by atoms with Crippen LogP contribution in [0.1, 0.15) is 5.56 Å². The van der Waals surface area contributed by atoms with Crippen molar-refractivity contribution >= 4 is 15.9 Å². The molecule has 72 valence electrons. The number of phenolic OH excluding ortho intramolecular Hbond substituents is 2. The molecule has 1 aromatic rings. The third-order valence-corrected chi connectivity index (χ3v) is 2.35. The fourth-order valence-corrected chi connectivity index (χ4v) is 1.57. The summed E-state index contributed by atoms with van der Waals surface area (Å²) in [4.78, 5) is 0. The predicted octanol–water partition coefficient (Wildman–Crippen LogP) is 1.53. The lowest BCUT2D eigenvalue weighted by Gasteiger charge is -2.07. The van der Waals surface area contributed by atoms with Crippen molar-refractivity contribution in [3.8, 4) is 11.5 Å². The van der Waals surface area contributed by atoms with Crippen molar-refractivity contribution < 1.29 is 19.7 Å². The number of aliphatic hydroxyl groups excluding tert-OH is 1. The third kappa shape index (κ3) is 1.92. The maximum absolute atomic E-state index is 12.8. The number of rotatable bonds is 2. The summed E-state index contributed by atoms with van der Waals surface area (Å²) in [6, 6.07) is 1.04. The molecule has 3 N–H and O–H groups in total. The zero-order valence-electron chi connectivity index (χ0n) is 6.59. The van der Waals surface area contributed by atoms with E-state index in [1.807, 2.05) is 0 Å². The fourth-order valence-electron chi connectivity index (χ4n) is 0.985. The van der Waals surface area contributed by atoms with Gasteiger partial charge in [-0.3, -0.25) is 0 Å². The lowest BCUT2D eigenvalue weighted by molar-refractivity contribution is 0.295. The molecule has 0 saturated carbocycles. The smallest absolute Gasteiger partial charge is 0.194 e. The van der Waals surface area contributed by atoms with Crippen LogP contribution in [-0.4, -0.2) is 21.9 Å². The van der Waals surface area contributed by atoms with Crippen LogP contribution in [0.25, 0.3) is 0 Å². The monoisotopic (exact) mass is 250 g/mol. The van der Waals surface area contributed by atoms with E-state index in [0.29, 0.717) is 10.0 Å². The van der Waals surface area contributed by atoms with E-state index >= 15 is 0 Å². The van der Waals surface area contributed by atoms with Gasteiger partial charge in [-0.1, -0.05) is 15.9 Å². The molecular weight excluding hydrogens is 243 g/mol. The van der Waals surface area contributed by atoms with E-state index in [0.717, 1.165) is 6.07 Å². The van der Waals surface area contributed by atoms with Crippen LogP contribution in [0.15, 0.2) is 10.5 Å². The molecule has 0 aliphatic carbocycles. The highest BCUT2D eigenvalue weighted by molar-refractivity contribution is 9.10. The molecule has 3 nitrogen and oxygen atoms in total. The first kappa shape index (κ1) is 10.3. The maximum Gasteiger partial charge on any atom is 0.194 e. The molecule has 0 aliphatic heterocycles. The fraction of sp³-hybridized carbons (Fsp3) is 0.250. The highest BCUT2D eigenvalue weighted by Crippen LogP contribution is 2.36. The minimum absolute atomic E-state index is 0.153. The lowest BCUT2D eigenvalue weighted by Crippen LogP contribution is -1.94. The Hall–Kier alpha value is -0.810. The molecular formula is C8H8BrFO3. The molecule has 0 unspecified atom stereocenters. The second-order valence-electron chi connectivity index (χ2n) is 2.49. The Balaban J connectivity index is 3.26. The Bertz CT molecular complexity index is 328. The van der Waals surface area contributed by atoms with Crippen LogP contribution in [0.5, 0.6) is 11.5 Å². The van der Waals surface area contributed by atoms with E-state index in [2.05, 4.69) is 15.9 Å². The van der Waals surface area contributed by atoms with Gasteiger partial charge in [-0.05, 0) is 6.07 Å². The van der Waals surface area contributed by atoms with Crippen molar-refractivity contribution in [1.82, 2.24) is 0 Å². The molecule has 0 saturated heterocycles. The lowest BCUT2D eigenvalue weighted by atomic mass is 10.1. The first-order valence-corrected chi connectivity index (χ1v) is 4.37. The van der Waals surface area contributed by atoms with Gasteiger partial charge in [0, 0.05) is 23.1 Å². The standard InChI is InChI=1S/C8H8BrFO3/c9-5-3-6(10)8(13)7(12)4(5)1-2-11/h3,11-13H,1-2H2. The van der Waals surface area contributed by atoms with Crippen LogP contribution in [0.4, 0.5) is 4.39 Å². The minimum atomic E-state index is -0.897. The van der Waals surface area contributed by atoms with Gasteiger partial charge in [0.05, 0.1) is 0 Å². The average molecular weight is 251 g/mol. The van der Waals surface area contributed by atoms with Gasteiger partial charge < -0.3 is 15.3 Å². The van der Waals surface area contributed by atoms with Gasteiger partial charge in [-0.2, -0.15) is 0 Å². The van der Waals surface area contributed by atoms with Crippen molar-refractivity contribution in [2.75, 3.05) is 6.61 Å². The summed E-state index contributed by atoms with van der Waals surface area (Å²) >= 11 is 3.01. The van der Waals surface area contributed by atoms with E-state index in [1.54, 1.807) is 0 Å². The summed E-state index contributed by atoms with van der Waals surface area (Å²) in [5.41, 5.74) is 0.293. The number of hydrogen-bond donors (Lipinski definition) is 3. The highest BCUT2D eigenvalue weighted by Gasteiger charge is 2.15. The molecule has 0 amide bonds. The van der Waals surface area contributed by atoms with Gasteiger partial charge in [0.25, 0.3) is 0 Å². The number of phenols is 2. The quantitative estimate of drug-likeness (QED) is 0.698. The molecule has 0 spiro atoms. The van der Waals surface area contributed by atoms with Gasteiger partial charge in [0.15, 0.2) is 17.3 Å². The second kappa shape index (κ2) is 3.93. The van der Waals surface area contributed by atoms with Gasteiger partial charge in [-0.25, -0.2) is 4.39 Å². The minimum Gasteiger partial charge on any atom is -0.504 e. The summed E-state index contributed by atoms with van der Waals surface area (Å²) in [6.07, 6.45) is 0.153. The molecule has 0 fully saturated rings. The van der Waals surface area contributed by atoms with Crippen LogP contribution in [0.3, 0.4) is 0 Å². The average Bonchev–Trinajstić information content (AvgIpc) is 2.09. The molecule has 0 aliphatic rings. The van der Waals surface area contributed by atoms with Crippen molar-refractivity contribution in [2.45, 2.75) is 6.42 Å². The van der Waals surface area contributed by atoms with Crippen LogP contribution in [-0.2, 0) is 6.42 Å². The van der Waals surface area contributed by atoms with E-state index in [-0.39, 0.29) is 13.0 Å². The van der Waals surface area contributed by atoms with Gasteiger partial charge in [0.1, 0.15) is 0 Å². The molecule has 13 heavy (non-hydrogen) atoms. The normalized spacial score (nSPS) is 10.4. The van der Waals surface area contributed by atoms with Gasteiger partial charge >= 0.3 is 0 Å². The van der Waals surface area contributed by atoms with Crippen LogP contribution in [0.2, 0.25) is 0 Å². The SMILES string of the molecule is OCCc1c(Br)cc(F)c(O)c1O. The maximum atomic E-state index is 12.8. The van der Waals surface area contributed by atoms with E-state index in [1.165, 1.54) is 0 Å². The molecule has 0 aromatic heterocycles. The van der Waals surface area contributed by atoms with E-state index in [4.69, 9.17) is 10.2 Å². The van der Waals surface area contributed by atoms with Gasteiger partial charge in [-0.15, -0.1) is 0 Å². The van der Waals surface area contributed by atoms with E-state index in [9.17, 15) is 9.50 Å². The van der Waals surface area contributed by atoms with Crippen molar-refractivity contribution in [2.24, 2.45) is 0 Å². The molecule has 0 atom stereocenters. The predicted molar refractivity (Wildman–Crippen MR) is 48.2 cm³/mol. The Morgan fingerprint density at radius 3 is 2.46 bits per heavy atom. The summed E-state index contributed by atoms with van der Waals surface area (Å²) in [5, 5.41) is 26.9. The zero-order chi connectivity index (χ0) is 10.0. The number of hydrogen-bond acceptors (Lipinski definition) is 3. The summed E-state index contributed by atoms with van der Waals surface area (Å²) < 4.78 is 13.1. The second-order valence-corrected chi connectivity index (χ2v) is 3.34. The van der Waals surface area contributed by atoms with Crippen molar-refractivity contribution in [1.29, 1.82) is 0 Å². The largest absolute Gasteiger partial charge is 0.504 e. The highest BCUT2D eigenvalue weighted by atomic mass is 79.9. The van der Waals surface area contributed by atoms with Crippen molar-refractivity contribution in [3.63, 3.8) is 0 Å². The number of halogens is 2. The summed E-state index contributed by atoms with van der Waals surface area (Å²) in [7, 11) is 0. The van der Waals surface area contributed by atoms with Crippen LogP contribution >= 0.6 is 15.9 Å². The Labute approximate surface area is 82.6 Å².